The van der Waals surface area contributed by atoms with Gasteiger partial charge in [-0.3, -0.25) is 4.98 Å². The monoisotopic (exact) mass is 1020 g/mol. The fraction of sp³-hybridized carbons (Fsp3) is 0.196. The number of furan rings is 1. The van der Waals surface area contributed by atoms with Crippen molar-refractivity contribution < 1.29 is 27.3 Å². The number of nitrogens with zero attached hydrogens (tertiary/aromatic N) is 4. The van der Waals surface area contributed by atoms with Gasteiger partial charge in [-0.25, -0.2) is 4.98 Å². The number of aryl methyl sites for hydroxylation is 1. The van der Waals surface area contributed by atoms with Crippen LogP contribution in [0.1, 0.15) is 58.7 Å². The van der Waals surface area contributed by atoms with Crippen LogP contribution in [0.3, 0.4) is 0 Å². The first-order chi connectivity index (χ1) is 30.6. The van der Waals surface area contributed by atoms with Gasteiger partial charge in [0, 0.05) is 45.8 Å². The summed E-state index contributed by atoms with van der Waals surface area (Å²) in [6.45, 7) is 17.4. The van der Waals surface area contributed by atoms with E-state index in [0.29, 0.717) is 5.71 Å². The first-order valence-electron chi connectivity index (χ1n) is 22.3. The molecule has 10 rings (SSSR count). The molecule has 0 aliphatic heterocycles. The second kappa shape index (κ2) is 17.6. The number of imidazole rings is 1. The van der Waals surface area contributed by atoms with Gasteiger partial charge in [0.15, 0.2) is 0 Å². The fourth-order valence-electron chi connectivity index (χ4n) is 8.26. The largest absolute Gasteiger partial charge is 0.486 e. The van der Waals surface area contributed by atoms with Gasteiger partial charge in [-0.2, -0.15) is 0 Å². The number of pyridine rings is 2. The SMILES string of the molecule is Cc1ccc2c(n1)oc1c(-c3nc4ccccc4n3-c3ccc(C(C)(C)C)cc3)[c-]ccc12.[2H]C([2H])(c1cc(-c2[c-]cccc2)ncc1[Si](C)(C)C)C(C)c1cccc2ccccc12.[Ir]. The van der Waals surface area contributed by atoms with Gasteiger partial charge in [-0.05, 0) is 93.8 Å². The molecule has 0 fully saturated rings. The predicted molar refractivity (Wildman–Crippen MR) is 261 cm³/mol. The van der Waals surface area contributed by atoms with E-state index in [1.54, 1.807) is 0 Å². The molecule has 4 heterocycles. The van der Waals surface area contributed by atoms with Crippen molar-refractivity contribution in [3.8, 4) is 28.3 Å². The van der Waals surface area contributed by atoms with Gasteiger partial charge in [0.1, 0.15) is 0 Å². The quantitative estimate of drug-likeness (QED) is 0.118. The Bertz CT molecular complexity index is 3310. The summed E-state index contributed by atoms with van der Waals surface area (Å²) in [5.41, 5.74) is 11.0. The molecule has 1 unspecified atom stereocenters. The number of hydrogen-bond donors (Lipinski definition) is 0. The van der Waals surface area contributed by atoms with E-state index >= 15 is 0 Å². The molecule has 63 heavy (non-hydrogen) atoms. The molecule has 4 aromatic heterocycles. The van der Waals surface area contributed by atoms with E-state index in [1.165, 1.54) is 5.56 Å². The minimum absolute atomic E-state index is 0. The predicted octanol–water partition coefficient (Wildman–Crippen LogP) is 14.0. The van der Waals surface area contributed by atoms with Crippen molar-refractivity contribution in [1.29, 1.82) is 0 Å². The molecule has 7 heteroatoms. The van der Waals surface area contributed by atoms with Gasteiger partial charge in [0.2, 0.25) is 5.71 Å². The first-order valence-corrected chi connectivity index (χ1v) is 24.8. The minimum Gasteiger partial charge on any atom is -0.486 e. The molecule has 0 saturated heterocycles. The van der Waals surface area contributed by atoms with Crippen LogP contribution in [0.4, 0.5) is 0 Å². The molecule has 0 bridgehead atoms. The normalized spacial score (nSPS) is 13.0. The molecule has 1 radical (unpaired) electrons. The van der Waals surface area contributed by atoms with Crippen molar-refractivity contribution >= 4 is 57.1 Å². The van der Waals surface area contributed by atoms with Crippen LogP contribution < -0.4 is 5.19 Å². The molecular weight excluding hydrogens is 965 g/mol. The molecule has 0 amide bonds. The second-order valence-corrected chi connectivity index (χ2v) is 23.2. The minimum atomic E-state index is -1.82. The number of rotatable bonds is 7. The zero-order valence-electron chi connectivity index (χ0n) is 39.0. The molecule has 0 saturated carbocycles. The van der Waals surface area contributed by atoms with E-state index < -0.39 is 14.4 Å². The van der Waals surface area contributed by atoms with E-state index in [2.05, 4.69) is 123 Å². The van der Waals surface area contributed by atoms with E-state index in [0.717, 1.165) is 88.5 Å². The van der Waals surface area contributed by atoms with Crippen molar-refractivity contribution in [3.05, 3.63) is 186 Å². The van der Waals surface area contributed by atoms with Crippen molar-refractivity contribution in [2.24, 2.45) is 0 Å². The van der Waals surface area contributed by atoms with Crippen LogP contribution in [0.5, 0.6) is 0 Å². The zero-order valence-corrected chi connectivity index (χ0v) is 40.4. The van der Waals surface area contributed by atoms with Gasteiger partial charge in [0.25, 0.3) is 0 Å². The number of para-hydroxylation sites is 2. The molecule has 0 spiro atoms. The van der Waals surface area contributed by atoms with Crippen LogP contribution in [-0.4, -0.2) is 27.6 Å². The molecule has 0 aliphatic carbocycles. The number of benzene rings is 6. The Hall–Kier alpha value is -5.98. The van der Waals surface area contributed by atoms with Crippen molar-refractivity contribution in [2.75, 3.05) is 0 Å². The second-order valence-electron chi connectivity index (χ2n) is 18.1. The molecule has 1 atom stereocenters. The van der Waals surface area contributed by atoms with Crippen LogP contribution in [0.2, 0.25) is 19.6 Å². The van der Waals surface area contributed by atoms with E-state index in [-0.39, 0.29) is 31.4 Å². The average Bonchev–Trinajstić information content (AvgIpc) is 3.87. The number of fused-ring (bicyclic) bond motifs is 5. The van der Waals surface area contributed by atoms with Crippen LogP contribution in [-0.2, 0) is 31.9 Å². The maximum absolute atomic E-state index is 9.32. The Morgan fingerprint density at radius 3 is 2.27 bits per heavy atom. The van der Waals surface area contributed by atoms with Crippen LogP contribution in [0.25, 0.3) is 72.2 Å². The molecule has 0 aliphatic rings. The summed E-state index contributed by atoms with van der Waals surface area (Å²) in [4.78, 5) is 14.3. The summed E-state index contributed by atoms with van der Waals surface area (Å²) in [5.74, 6) is 0.491. The van der Waals surface area contributed by atoms with Gasteiger partial charge >= 0.3 is 0 Å². The summed E-state index contributed by atoms with van der Waals surface area (Å²) in [6.07, 6.45) is 0.359. The standard InChI is InChI=1S/C29H24N3O.C27H28NSi.Ir/c1-18-12-17-22-21-8-7-9-23(26(21)33-28(22)30-18)27-31-24-10-5-6-11-25(24)32(27)20-15-13-19(14-16-20)29(2,3)4;1-20(24-16-10-14-21-11-8-9-15-25(21)24)17-23-18-26(22-12-6-5-7-13-22)28-19-27(23)29(2,3)4;/h5-8,10-17H,1-4H3;5-12,14-16,18-20H,17H2,1-4H3;/q2*-1;/i;17D2;. The average molecular weight is 1020 g/mol. The number of aromatic nitrogens is 4. The third-order valence-corrected chi connectivity index (χ3v) is 13.6. The van der Waals surface area contributed by atoms with Gasteiger partial charge in [-0.15, -0.1) is 54.1 Å². The first kappa shape index (κ1) is 41.1. The Balaban J connectivity index is 0.000000175. The topological polar surface area (TPSA) is 56.7 Å². The maximum atomic E-state index is 9.32. The summed E-state index contributed by atoms with van der Waals surface area (Å²) in [5, 5.41) is 5.35. The molecule has 317 valence electrons. The van der Waals surface area contributed by atoms with E-state index in [4.69, 9.17) is 14.4 Å². The van der Waals surface area contributed by atoms with E-state index in [1.807, 2.05) is 105 Å². The Kier molecular flexibility index (Phi) is 11.5. The Morgan fingerprint density at radius 1 is 0.762 bits per heavy atom. The van der Waals surface area contributed by atoms with Crippen molar-refractivity contribution in [3.63, 3.8) is 0 Å². The summed E-state index contributed by atoms with van der Waals surface area (Å²) >= 11 is 0. The maximum Gasteiger partial charge on any atom is 0.216 e. The van der Waals surface area contributed by atoms with Crippen LogP contribution in [0, 0.1) is 19.1 Å². The van der Waals surface area contributed by atoms with Crippen LogP contribution in [0.15, 0.2) is 156 Å². The Morgan fingerprint density at radius 2 is 1.51 bits per heavy atom. The summed E-state index contributed by atoms with van der Waals surface area (Å²) in [6, 6.07) is 55.8. The van der Waals surface area contributed by atoms with Crippen LogP contribution >= 0.6 is 0 Å². The molecule has 6 aromatic carbocycles. The number of hydrogen-bond acceptors (Lipinski definition) is 4. The molecule has 0 N–H and O–H groups in total. The molecular formula is C56H52IrN4OSi-2. The van der Waals surface area contributed by atoms with Gasteiger partial charge in [-0.1, -0.05) is 137 Å². The summed E-state index contributed by atoms with van der Waals surface area (Å²) in [7, 11) is -1.82. The van der Waals surface area contributed by atoms with Gasteiger partial charge < -0.3 is 14.0 Å². The third kappa shape index (κ3) is 8.83. The van der Waals surface area contributed by atoms with Crippen molar-refractivity contribution in [2.45, 2.75) is 72.0 Å². The van der Waals surface area contributed by atoms with Crippen molar-refractivity contribution in [1.82, 2.24) is 19.5 Å². The summed E-state index contributed by atoms with van der Waals surface area (Å²) < 4.78 is 27.1. The molecule has 10 aromatic rings. The van der Waals surface area contributed by atoms with Gasteiger partial charge in [0.05, 0.1) is 30.5 Å². The molecule has 5 nitrogen and oxygen atoms in total. The fourth-order valence-corrected chi connectivity index (χ4v) is 9.66. The van der Waals surface area contributed by atoms with E-state index in [9.17, 15) is 2.74 Å². The smallest absolute Gasteiger partial charge is 0.216 e. The Labute approximate surface area is 388 Å². The third-order valence-electron chi connectivity index (χ3n) is 11.6. The zero-order chi connectivity index (χ0) is 45.0.